The number of alkyl halides is 6. The fourth-order valence-corrected chi connectivity index (χ4v) is 1.96. The molecule has 0 saturated carbocycles. The van der Waals surface area contributed by atoms with Crippen molar-refractivity contribution >= 4 is 0 Å². The van der Waals surface area contributed by atoms with Gasteiger partial charge in [0.25, 0.3) is 0 Å². The summed E-state index contributed by atoms with van der Waals surface area (Å²) in [6.45, 7) is 1.02. The van der Waals surface area contributed by atoms with E-state index in [4.69, 9.17) is 0 Å². The smallest absolute Gasteiger partial charge is 0.238 e. The molecule has 0 spiro atoms. The first-order chi connectivity index (χ1) is 10.00. The van der Waals surface area contributed by atoms with Gasteiger partial charge >= 0.3 is 12.4 Å². The molecule has 0 saturated heterocycles. The molecule has 0 aliphatic rings. The minimum atomic E-state index is -5.03. The minimum absolute atomic E-state index is 0.0392. The summed E-state index contributed by atoms with van der Waals surface area (Å²) >= 11 is 0. The molecule has 0 atom stereocenters. The van der Waals surface area contributed by atoms with Crippen molar-refractivity contribution < 1.29 is 30.7 Å². The molecule has 0 radical (unpaired) electrons. The van der Waals surface area contributed by atoms with E-state index < -0.39 is 35.1 Å². The molecule has 0 aliphatic heterocycles. The van der Waals surface area contributed by atoms with Crippen LogP contribution in [0.2, 0.25) is 0 Å². The molecule has 1 aromatic carbocycles. The number of halogens is 7. The highest BCUT2D eigenvalue weighted by molar-refractivity contribution is 5.68. The molecule has 0 unspecified atom stereocenters. The molecule has 2 aromatic rings. The first-order valence-corrected chi connectivity index (χ1v) is 5.92. The molecule has 22 heavy (non-hydrogen) atoms. The van der Waals surface area contributed by atoms with Crippen LogP contribution >= 0.6 is 0 Å². The van der Waals surface area contributed by atoms with Crippen LogP contribution < -0.4 is 0 Å². The normalized spacial score (nSPS) is 12.5. The lowest BCUT2D eigenvalue weighted by Gasteiger charge is -2.17. The average Bonchev–Trinajstić information content (AvgIpc) is 2.37. The van der Waals surface area contributed by atoms with E-state index in [1.165, 1.54) is 0 Å². The van der Waals surface area contributed by atoms with E-state index in [9.17, 15) is 30.7 Å². The predicted octanol–water partition coefficient (Wildman–Crippen LogP) is 5.23. The van der Waals surface area contributed by atoms with Crippen molar-refractivity contribution in [1.82, 2.24) is 4.98 Å². The zero-order chi connectivity index (χ0) is 16.7. The van der Waals surface area contributed by atoms with Gasteiger partial charge in [-0.3, -0.25) is 0 Å². The number of nitrogens with zero attached hydrogens (tertiary/aromatic N) is 1. The number of hydrogen-bond acceptors (Lipinski definition) is 1. The summed E-state index contributed by atoms with van der Waals surface area (Å²) in [6.07, 6.45) is -10.1. The second-order valence-electron chi connectivity index (χ2n) is 4.53. The standard InChI is InChI=1S/C14H8F7N/c1-7-10(8-2-4-9(15)5-3-8)6-11(13(16,17)18)22-12(7)14(19,20)21/h2-6H,1H3. The number of benzene rings is 1. The SMILES string of the molecule is Cc1c(-c2ccc(F)cc2)cc(C(F)(F)F)nc1C(F)(F)F. The van der Waals surface area contributed by atoms with Gasteiger partial charge in [-0.2, -0.15) is 26.3 Å². The average molecular weight is 323 g/mol. The maximum atomic E-state index is 12.9. The Bertz CT molecular complexity index is 684. The van der Waals surface area contributed by atoms with Crippen molar-refractivity contribution in [3.05, 3.63) is 53.1 Å². The zero-order valence-corrected chi connectivity index (χ0v) is 11.0. The lowest BCUT2D eigenvalue weighted by Crippen LogP contribution is -2.17. The van der Waals surface area contributed by atoms with Gasteiger partial charge in [-0.05, 0) is 41.8 Å². The summed E-state index contributed by atoms with van der Waals surface area (Å²) in [7, 11) is 0. The summed E-state index contributed by atoms with van der Waals surface area (Å²) in [4.78, 5) is 2.69. The fourth-order valence-electron chi connectivity index (χ4n) is 1.96. The van der Waals surface area contributed by atoms with Crippen LogP contribution in [0.25, 0.3) is 11.1 Å². The third-order valence-corrected chi connectivity index (χ3v) is 2.99. The van der Waals surface area contributed by atoms with Crippen molar-refractivity contribution in [3.63, 3.8) is 0 Å². The summed E-state index contributed by atoms with van der Waals surface area (Å²) in [5.74, 6) is -0.650. The Hall–Kier alpha value is -2.12. The van der Waals surface area contributed by atoms with Crippen LogP contribution in [-0.2, 0) is 12.4 Å². The number of hydrogen-bond donors (Lipinski definition) is 0. The first-order valence-electron chi connectivity index (χ1n) is 5.92. The van der Waals surface area contributed by atoms with Gasteiger partial charge in [-0.25, -0.2) is 9.37 Å². The summed E-state index contributed by atoms with van der Waals surface area (Å²) in [5, 5.41) is 0. The van der Waals surface area contributed by atoms with E-state index in [1.54, 1.807) is 0 Å². The fraction of sp³-hybridized carbons (Fsp3) is 0.214. The highest BCUT2D eigenvalue weighted by atomic mass is 19.4. The molecule has 8 heteroatoms. The molecule has 0 aliphatic carbocycles. The Balaban J connectivity index is 2.75. The van der Waals surface area contributed by atoms with Crippen LogP contribution in [0.15, 0.2) is 30.3 Å². The highest BCUT2D eigenvalue weighted by Crippen LogP contribution is 2.39. The van der Waals surface area contributed by atoms with Crippen molar-refractivity contribution in [2.75, 3.05) is 0 Å². The Labute approximate surface area is 120 Å². The van der Waals surface area contributed by atoms with Crippen LogP contribution in [0.5, 0.6) is 0 Å². The van der Waals surface area contributed by atoms with Gasteiger partial charge in [0.05, 0.1) is 0 Å². The van der Waals surface area contributed by atoms with Crippen LogP contribution in [0.1, 0.15) is 17.0 Å². The molecular formula is C14H8F7N. The highest BCUT2D eigenvalue weighted by Gasteiger charge is 2.40. The maximum absolute atomic E-state index is 12.9. The second kappa shape index (κ2) is 5.26. The molecule has 2 rings (SSSR count). The van der Waals surface area contributed by atoms with E-state index >= 15 is 0 Å². The van der Waals surface area contributed by atoms with Gasteiger partial charge in [0.15, 0.2) is 0 Å². The quantitative estimate of drug-likeness (QED) is 0.655. The van der Waals surface area contributed by atoms with Crippen LogP contribution in [0.3, 0.4) is 0 Å². The van der Waals surface area contributed by atoms with Gasteiger partial charge in [0, 0.05) is 0 Å². The number of aromatic nitrogens is 1. The largest absolute Gasteiger partial charge is 0.433 e. The van der Waals surface area contributed by atoms with Gasteiger partial charge in [-0.1, -0.05) is 12.1 Å². The Morgan fingerprint density at radius 1 is 0.864 bits per heavy atom. The molecule has 1 aromatic heterocycles. The van der Waals surface area contributed by atoms with E-state index in [2.05, 4.69) is 4.98 Å². The lowest BCUT2D eigenvalue weighted by atomic mass is 9.98. The second-order valence-corrected chi connectivity index (χ2v) is 4.53. The summed E-state index contributed by atoms with van der Waals surface area (Å²) < 4.78 is 89.8. The van der Waals surface area contributed by atoms with Crippen molar-refractivity contribution in [2.24, 2.45) is 0 Å². The Kier molecular flexibility index (Phi) is 3.88. The van der Waals surface area contributed by atoms with Crippen molar-refractivity contribution in [1.29, 1.82) is 0 Å². The molecule has 1 heterocycles. The van der Waals surface area contributed by atoms with E-state index in [0.29, 0.717) is 6.07 Å². The summed E-state index contributed by atoms with van der Waals surface area (Å²) in [5.41, 5.74) is -3.97. The minimum Gasteiger partial charge on any atom is -0.238 e. The van der Waals surface area contributed by atoms with Crippen LogP contribution in [0.4, 0.5) is 30.7 Å². The van der Waals surface area contributed by atoms with Crippen molar-refractivity contribution in [3.8, 4) is 11.1 Å². The molecule has 0 N–H and O–H groups in total. The lowest BCUT2D eigenvalue weighted by molar-refractivity contribution is -0.150. The van der Waals surface area contributed by atoms with Crippen LogP contribution in [0, 0.1) is 12.7 Å². The number of pyridine rings is 1. The Morgan fingerprint density at radius 3 is 1.86 bits per heavy atom. The Morgan fingerprint density at radius 2 is 1.41 bits per heavy atom. The third-order valence-electron chi connectivity index (χ3n) is 2.99. The van der Waals surface area contributed by atoms with Gasteiger partial charge in [0.2, 0.25) is 0 Å². The van der Waals surface area contributed by atoms with E-state index in [-0.39, 0.29) is 11.1 Å². The zero-order valence-electron chi connectivity index (χ0n) is 11.0. The monoisotopic (exact) mass is 323 g/mol. The molecule has 1 nitrogen and oxygen atoms in total. The number of rotatable bonds is 1. The summed E-state index contributed by atoms with van der Waals surface area (Å²) in [6, 6.07) is 4.65. The van der Waals surface area contributed by atoms with Gasteiger partial charge in [-0.15, -0.1) is 0 Å². The first kappa shape index (κ1) is 16.3. The van der Waals surface area contributed by atoms with E-state index in [0.717, 1.165) is 31.2 Å². The van der Waals surface area contributed by atoms with Crippen molar-refractivity contribution in [2.45, 2.75) is 19.3 Å². The predicted molar refractivity (Wildman–Crippen MR) is 64.4 cm³/mol. The molecular weight excluding hydrogens is 315 g/mol. The molecule has 0 bridgehead atoms. The topological polar surface area (TPSA) is 12.9 Å². The van der Waals surface area contributed by atoms with Gasteiger partial charge in [0.1, 0.15) is 17.2 Å². The maximum Gasteiger partial charge on any atom is 0.433 e. The van der Waals surface area contributed by atoms with E-state index in [1.807, 2.05) is 0 Å². The van der Waals surface area contributed by atoms with Crippen LogP contribution in [-0.4, -0.2) is 4.98 Å². The molecule has 0 fully saturated rings. The molecule has 118 valence electrons. The van der Waals surface area contributed by atoms with Gasteiger partial charge < -0.3 is 0 Å². The third kappa shape index (κ3) is 3.20. The molecule has 0 amide bonds.